The molecule has 0 spiro atoms. The fourth-order valence-corrected chi connectivity index (χ4v) is 2.97. The highest BCUT2D eigenvalue weighted by Crippen LogP contribution is 2.20. The van der Waals surface area contributed by atoms with Gasteiger partial charge in [-0.05, 0) is 30.3 Å². The van der Waals surface area contributed by atoms with Crippen molar-refractivity contribution in [3.8, 4) is 0 Å². The predicted molar refractivity (Wildman–Crippen MR) is 96.6 cm³/mol. The van der Waals surface area contributed by atoms with E-state index in [1.165, 1.54) is 36.2 Å². The van der Waals surface area contributed by atoms with E-state index in [0.29, 0.717) is 10.7 Å². The van der Waals surface area contributed by atoms with E-state index in [2.05, 4.69) is 5.32 Å². The summed E-state index contributed by atoms with van der Waals surface area (Å²) in [6.07, 6.45) is 1.07. The Balaban J connectivity index is 2.08. The number of anilines is 1. The van der Waals surface area contributed by atoms with E-state index < -0.39 is 21.7 Å². The highest BCUT2D eigenvalue weighted by atomic mass is 35.5. The molecular weight excluding hydrogens is 364 g/mol. The number of rotatable bonds is 5. The van der Waals surface area contributed by atoms with Crippen LogP contribution in [-0.4, -0.2) is 45.0 Å². The van der Waals surface area contributed by atoms with E-state index in [4.69, 9.17) is 11.6 Å². The molecule has 2 aromatic rings. The molecule has 0 heterocycles. The molecule has 0 bridgehead atoms. The zero-order valence-corrected chi connectivity index (χ0v) is 15.3. The van der Waals surface area contributed by atoms with Gasteiger partial charge in [-0.1, -0.05) is 29.8 Å². The van der Waals surface area contributed by atoms with Gasteiger partial charge in [0.2, 0.25) is 5.91 Å². The van der Waals surface area contributed by atoms with Crippen LogP contribution >= 0.6 is 11.6 Å². The lowest BCUT2D eigenvalue weighted by molar-refractivity contribution is -0.116. The molecule has 1 N–H and O–H groups in total. The summed E-state index contributed by atoms with van der Waals surface area (Å²) < 4.78 is 23.2. The maximum absolute atomic E-state index is 12.4. The number of benzene rings is 2. The Kier molecular flexibility index (Phi) is 5.81. The first-order chi connectivity index (χ1) is 11.7. The maximum Gasteiger partial charge on any atom is 0.254 e. The monoisotopic (exact) mass is 380 g/mol. The van der Waals surface area contributed by atoms with Gasteiger partial charge in [0.05, 0.1) is 22.2 Å². The van der Waals surface area contributed by atoms with E-state index in [1.54, 1.807) is 24.3 Å². The zero-order valence-electron chi connectivity index (χ0n) is 13.7. The number of sulfone groups is 1. The van der Waals surface area contributed by atoms with Crippen molar-refractivity contribution in [2.45, 2.75) is 4.90 Å². The summed E-state index contributed by atoms with van der Waals surface area (Å²) in [6.45, 7) is -0.201. The molecule has 0 saturated carbocycles. The second kappa shape index (κ2) is 7.67. The number of amides is 2. The van der Waals surface area contributed by atoms with Crippen LogP contribution in [0.4, 0.5) is 5.69 Å². The minimum Gasteiger partial charge on any atom is -0.332 e. The van der Waals surface area contributed by atoms with Crippen molar-refractivity contribution >= 4 is 38.9 Å². The smallest absolute Gasteiger partial charge is 0.254 e. The second-order valence-corrected chi connectivity index (χ2v) is 7.91. The van der Waals surface area contributed by atoms with Crippen LogP contribution in [0.25, 0.3) is 0 Å². The molecule has 6 nitrogen and oxygen atoms in total. The van der Waals surface area contributed by atoms with Crippen molar-refractivity contribution in [1.29, 1.82) is 0 Å². The third kappa shape index (κ3) is 5.04. The lowest BCUT2D eigenvalue weighted by atomic mass is 10.2. The Morgan fingerprint density at radius 2 is 1.80 bits per heavy atom. The standard InChI is InChI=1S/C17H17ClN2O4S/c1-20(11-16(21)19-15-9-4-3-8-14(15)18)17(22)12-6-5-7-13(10-12)25(2,23)24/h3-10H,11H2,1-2H3,(H,19,21). The van der Waals surface area contributed by atoms with Gasteiger partial charge in [0.15, 0.2) is 9.84 Å². The number of likely N-dealkylation sites (N-methyl/N-ethyl adjacent to an activating group) is 1. The van der Waals surface area contributed by atoms with Gasteiger partial charge >= 0.3 is 0 Å². The van der Waals surface area contributed by atoms with E-state index in [1.807, 2.05) is 0 Å². The van der Waals surface area contributed by atoms with E-state index in [0.717, 1.165) is 6.26 Å². The van der Waals surface area contributed by atoms with Gasteiger partial charge in [0.25, 0.3) is 5.91 Å². The predicted octanol–water partition coefficient (Wildman–Crippen LogP) is 2.45. The van der Waals surface area contributed by atoms with E-state index in [-0.39, 0.29) is 17.0 Å². The number of halogens is 1. The van der Waals surface area contributed by atoms with Crippen LogP contribution in [0.1, 0.15) is 10.4 Å². The summed E-state index contributed by atoms with van der Waals surface area (Å²) in [5.74, 6) is -0.872. The van der Waals surface area contributed by atoms with Crippen molar-refractivity contribution in [3.63, 3.8) is 0 Å². The number of hydrogen-bond donors (Lipinski definition) is 1. The average molecular weight is 381 g/mol. The molecule has 0 saturated heterocycles. The molecule has 0 atom stereocenters. The van der Waals surface area contributed by atoms with Gasteiger partial charge in [-0.3, -0.25) is 9.59 Å². The first kappa shape index (κ1) is 19.0. The van der Waals surface area contributed by atoms with Gasteiger partial charge in [0.1, 0.15) is 0 Å². The van der Waals surface area contributed by atoms with Crippen LogP contribution in [0.3, 0.4) is 0 Å². The van der Waals surface area contributed by atoms with Crippen LogP contribution in [-0.2, 0) is 14.6 Å². The van der Waals surface area contributed by atoms with Crippen LogP contribution < -0.4 is 5.32 Å². The molecular formula is C17H17ClN2O4S. The summed E-state index contributed by atoms with van der Waals surface area (Å²) in [4.78, 5) is 25.7. The van der Waals surface area contributed by atoms with Crippen molar-refractivity contribution in [2.24, 2.45) is 0 Å². The van der Waals surface area contributed by atoms with Crippen molar-refractivity contribution < 1.29 is 18.0 Å². The minimum absolute atomic E-state index is 0.0484. The normalized spacial score (nSPS) is 11.0. The second-order valence-electron chi connectivity index (χ2n) is 5.49. The van der Waals surface area contributed by atoms with Crippen molar-refractivity contribution in [2.75, 3.05) is 25.2 Å². The molecule has 2 aromatic carbocycles. The molecule has 0 aliphatic rings. The van der Waals surface area contributed by atoms with Gasteiger partial charge in [-0.15, -0.1) is 0 Å². The lowest BCUT2D eigenvalue weighted by Gasteiger charge is -2.17. The lowest BCUT2D eigenvalue weighted by Crippen LogP contribution is -2.35. The maximum atomic E-state index is 12.4. The Labute approximate surface area is 151 Å². The van der Waals surface area contributed by atoms with Crippen molar-refractivity contribution in [3.05, 3.63) is 59.1 Å². The quantitative estimate of drug-likeness (QED) is 0.863. The molecule has 0 aliphatic carbocycles. The molecule has 0 aromatic heterocycles. The van der Waals surface area contributed by atoms with Crippen LogP contribution in [0.15, 0.2) is 53.4 Å². The van der Waals surface area contributed by atoms with Gasteiger partial charge in [0, 0.05) is 18.9 Å². The summed E-state index contributed by atoms with van der Waals surface area (Å²) in [5.41, 5.74) is 0.644. The number of nitrogens with one attached hydrogen (secondary N) is 1. The fourth-order valence-electron chi connectivity index (χ4n) is 2.12. The van der Waals surface area contributed by atoms with Crippen LogP contribution in [0.5, 0.6) is 0 Å². The van der Waals surface area contributed by atoms with E-state index >= 15 is 0 Å². The molecule has 25 heavy (non-hydrogen) atoms. The third-order valence-corrected chi connectivity index (χ3v) is 4.82. The number of nitrogens with zero attached hydrogens (tertiary/aromatic N) is 1. The van der Waals surface area contributed by atoms with Crippen molar-refractivity contribution in [1.82, 2.24) is 4.90 Å². The Bertz CT molecular complexity index is 912. The largest absolute Gasteiger partial charge is 0.332 e. The molecule has 0 unspecified atom stereocenters. The highest BCUT2D eigenvalue weighted by molar-refractivity contribution is 7.90. The topological polar surface area (TPSA) is 83.6 Å². The summed E-state index contributed by atoms with van der Waals surface area (Å²) in [5, 5.41) is 3.02. The number of hydrogen-bond acceptors (Lipinski definition) is 4. The summed E-state index contributed by atoms with van der Waals surface area (Å²) in [7, 11) is -1.96. The average Bonchev–Trinajstić information content (AvgIpc) is 2.55. The minimum atomic E-state index is -3.42. The molecule has 8 heteroatoms. The fraction of sp³-hybridized carbons (Fsp3) is 0.176. The molecule has 2 amide bonds. The Morgan fingerprint density at radius 3 is 2.44 bits per heavy atom. The summed E-state index contributed by atoms with van der Waals surface area (Å²) >= 11 is 5.97. The molecule has 0 aliphatic heterocycles. The Hall–Kier alpha value is -2.38. The molecule has 0 fully saturated rings. The first-order valence-electron chi connectivity index (χ1n) is 7.28. The number of carbonyl (C=O) groups is 2. The van der Waals surface area contributed by atoms with Crippen LogP contribution in [0, 0.1) is 0 Å². The zero-order chi connectivity index (χ0) is 18.6. The third-order valence-electron chi connectivity index (χ3n) is 3.38. The number of carbonyl (C=O) groups excluding carboxylic acids is 2. The Morgan fingerprint density at radius 1 is 1.12 bits per heavy atom. The molecule has 2 rings (SSSR count). The number of para-hydroxylation sites is 1. The van der Waals surface area contributed by atoms with Crippen LogP contribution in [0.2, 0.25) is 5.02 Å². The summed E-state index contributed by atoms with van der Waals surface area (Å²) in [6, 6.07) is 12.5. The first-order valence-corrected chi connectivity index (χ1v) is 9.55. The SMILES string of the molecule is CN(CC(=O)Nc1ccccc1Cl)C(=O)c1cccc(S(C)(=O)=O)c1. The van der Waals surface area contributed by atoms with E-state index in [9.17, 15) is 18.0 Å². The highest BCUT2D eigenvalue weighted by Gasteiger charge is 2.17. The van der Waals surface area contributed by atoms with Gasteiger partial charge in [-0.25, -0.2) is 8.42 Å². The molecule has 132 valence electrons. The van der Waals surface area contributed by atoms with Gasteiger partial charge < -0.3 is 10.2 Å². The van der Waals surface area contributed by atoms with Gasteiger partial charge in [-0.2, -0.15) is 0 Å². The molecule has 0 radical (unpaired) electrons.